The van der Waals surface area contributed by atoms with Gasteiger partial charge in [-0.1, -0.05) is 433 Å². The van der Waals surface area contributed by atoms with E-state index in [1.165, 1.54) is 334 Å². The number of unbranched alkanes of at least 4 members (excludes halogenated alkanes) is 56. The van der Waals surface area contributed by atoms with E-state index in [9.17, 15) is 19.5 Å². The molecule has 0 bridgehead atoms. The highest BCUT2D eigenvalue weighted by atomic mass is 16.7. The number of rotatable bonds is 83. The van der Waals surface area contributed by atoms with Crippen molar-refractivity contribution in [2.24, 2.45) is 0 Å². The third kappa shape index (κ3) is 83.9. The summed E-state index contributed by atoms with van der Waals surface area (Å²) in [4.78, 5) is 37.8. The first kappa shape index (κ1) is 97.7. The van der Waals surface area contributed by atoms with Crippen LogP contribution in [0.2, 0.25) is 0 Å². The van der Waals surface area contributed by atoms with Crippen LogP contribution in [0.4, 0.5) is 0 Å². The highest BCUT2D eigenvalue weighted by Gasteiger charge is 2.25. The van der Waals surface area contributed by atoms with Crippen molar-refractivity contribution >= 4 is 17.9 Å². The number of nitrogens with zero attached hydrogens (tertiary/aromatic N) is 1. The number of hydrogen-bond acceptors (Lipinski definition) is 7. The lowest BCUT2D eigenvalue weighted by Gasteiger charge is -2.25. The third-order valence-corrected chi connectivity index (χ3v) is 20.0. The van der Waals surface area contributed by atoms with E-state index in [2.05, 4.69) is 86.8 Å². The Hall–Kier alpha value is -3.27. The first-order chi connectivity index (χ1) is 49.6. The summed E-state index contributed by atoms with van der Waals surface area (Å²) in [5.41, 5.74) is 0. The summed E-state index contributed by atoms with van der Waals surface area (Å²) in [6.07, 6.45) is 110. The Balaban J connectivity index is 3.92. The van der Waals surface area contributed by atoms with Crippen LogP contribution in [0.25, 0.3) is 0 Å². The summed E-state index contributed by atoms with van der Waals surface area (Å²) in [6, 6.07) is 0. The van der Waals surface area contributed by atoms with Gasteiger partial charge >= 0.3 is 17.9 Å². The Kier molecular flexibility index (Phi) is 79.7. The highest BCUT2D eigenvalue weighted by molar-refractivity contribution is 5.71. The van der Waals surface area contributed by atoms with Gasteiger partial charge in [0.05, 0.1) is 34.4 Å². The summed E-state index contributed by atoms with van der Waals surface area (Å²) in [7, 11) is 6.00. The van der Waals surface area contributed by atoms with Crippen molar-refractivity contribution in [1.29, 1.82) is 0 Å². The fourth-order valence-corrected chi connectivity index (χ4v) is 13.3. The van der Waals surface area contributed by atoms with Crippen molar-refractivity contribution in [1.82, 2.24) is 0 Å². The number of esters is 2. The predicted molar refractivity (Wildman–Crippen MR) is 438 cm³/mol. The predicted octanol–water partition coefficient (Wildman–Crippen LogP) is 28.7. The molecule has 9 nitrogen and oxygen atoms in total. The molecule has 0 heterocycles. The number of carboxylic acids is 1. The molecule has 101 heavy (non-hydrogen) atoms. The van der Waals surface area contributed by atoms with Crippen molar-refractivity contribution < 1.29 is 42.9 Å². The largest absolute Gasteiger partial charge is 0.477 e. The lowest BCUT2D eigenvalue weighted by molar-refractivity contribution is -0.870. The van der Waals surface area contributed by atoms with Crippen LogP contribution < -0.4 is 0 Å². The maximum Gasteiger partial charge on any atom is 0.361 e. The van der Waals surface area contributed by atoms with Crippen LogP contribution in [-0.4, -0.2) is 87.4 Å². The van der Waals surface area contributed by atoms with Crippen LogP contribution in [0.1, 0.15) is 438 Å². The number of carbonyl (C=O) groups is 3. The summed E-state index contributed by atoms with van der Waals surface area (Å²) in [6.45, 7) is 4.84. The van der Waals surface area contributed by atoms with Crippen LogP contribution in [0, 0.1) is 0 Å². The number of carbonyl (C=O) groups excluding carboxylic acids is 2. The molecule has 0 aromatic heterocycles. The number of aliphatic carboxylic acids is 1. The van der Waals surface area contributed by atoms with Gasteiger partial charge in [-0.15, -0.1) is 0 Å². The monoisotopic (exact) mass is 1420 g/mol. The minimum absolute atomic E-state index is 0.176. The van der Waals surface area contributed by atoms with Gasteiger partial charge in [-0.25, -0.2) is 4.79 Å². The molecule has 0 rings (SSSR count). The zero-order valence-corrected chi connectivity index (χ0v) is 67.8. The molecule has 0 fully saturated rings. The molecule has 590 valence electrons. The molecule has 0 amide bonds. The molecule has 0 radical (unpaired) electrons. The SMILES string of the molecule is CC/C=C\C/C=C\C/C=C\C/C=C\C/C=C\C/C=C\CCCCCCCCCCCCCCCCCCCCCCCCC(=O)OC(COC(=O)CCCCCCCCCCCCCCCCCCCCCCCCCCCCCCCCCCCCC)COC(OCC[N+](C)(C)C)C(=O)O. The fourth-order valence-electron chi connectivity index (χ4n) is 13.3. The molecule has 0 saturated carbocycles. The zero-order valence-electron chi connectivity index (χ0n) is 67.8. The van der Waals surface area contributed by atoms with Gasteiger partial charge in [0, 0.05) is 12.8 Å². The van der Waals surface area contributed by atoms with Crippen LogP contribution in [0.5, 0.6) is 0 Å². The Morgan fingerprint density at radius 1 is 0.307 bits per heavy atom. The Morgan fingerprint density at radius 3 is 0.842 bits per heavy atom. The summed E-state index contributed by atoms with van der Waals surface area (Å²) in [5.74, 6) is -1.97. The summed E-state index contributed by atoms with van der Waals surface area (Å²) < 4.78 is 23.1. The van der Waals surface area contributed by atoms with E-state index in [-0.39, 0.29) is 38.2 Å². The molecular weight excluding hydrogens is 1250 g/mol. The van der Waals surface area contributed by atoms with E-state index in [1.807, 2.05) is 21.1 Å². The maximum atomic E-state index is 13.0. The Bertz CT molecular complexity index is 1900. The molecule has 0 spiro atoms. The van der Waals surface area contributed by atoms with E-state index >= 15 is 0 Å². The summed E-state index contributed by atoms with van der Waals surface area (Å²) >= 11 is 0. The molecule has 9 heteroatoms. The number of quaternary nitrogens is 1. The quantitative estimate of drug-likeness (QED) is 0.0211. The molecule has 0 saturated heterocycles. The van der Waals surface area contributed by atoms with E-state index in [1.54, 1.807) is 0 Å². The van der Waals surface area contributed by atoms with Gasteiger partial charge in [0.25, 0.3) is 6.29 Å². The van der Waals surface area contributed by atoms with E-state index < -0.39 is 18.4 Å². The van der Waals surface area contributed by atoms with Crippen molar-refractivity contribution in [2.75, 3.05) is 47.5 Å². The second-order valence-electron chi connectivity index (χ2n) is 31.2. The zero-order chi connectivity index (χ0) is 73.2. The lowest BCUT2D eigenvalue weighted by atomic mass is 10.0. The maximum absolute atomic E-state index is 13.0. The standard InChI is InChI=1S/C92H169NO8/c1-6-8-10-12-14-16-18-20-22-24-26-28-30-32-34-36-38-40-42-43-44-45-46-47-49-51-53-55-57-59-61-63-65-67-69-71-73-75-77-79-81-83-90(95)101-88(87-100-92(91(96)97)98-85-84-93(3,4)5)86-99-89(94)82-80-78-76-74-72-70-68-66-64-62-60-58-56-54-52-50-48-41-39-37-35-33-31-29-27-25-23-21-19-17-15-13-11-9-7-2/h8,10,14,16,20,22,26,28,32,34,38,40,88,92H,6-7,9,11-13,15,17-19,21,23-25,27,29-31,33,35-37,39,41-87H2,1-5H3/p+1/b10-8-,16-14-,22-20-,28-26-,34-32-,40-38-. The van der Waals surface area contributed by atoms with Crippen molar-refractivity contribution in [3.63, 3.8) is 0 Å². The summed E-state index contributed by atoms with van der Waals surface area (Å²) in [5, 5.41) is 9.79. The normalized spacial score (nSPS) is 12.9. The molecule has 1 N–H and O–H groups in total. The van der Waals surface area contributed by atoms with Crippen LogP contribution >= 0.6 is 0 Å². The average Bonchev–Trinajstić information content (AvgIpc) is 1.21. The Labute approximate surface area is 628 Å². The molecule has 0 aliphatic heterocycles. The second kappa shape index (κ2) is 82.4. The van der Waals surface area contributed by atoms with Gasteiger partial charge in [0.1, 0.15) is 13.2 Å². The fraction of sp³-hybridized carbons (Fsp3) is 0.837. The molecule has 0 aliphatic rings. The first-order valence-corrected chi connectivity index (χ1v) is 44.1. The van der Waals surface area contributed by atoms with Gasteiger partial charge in [0.2, 0.25) is 0 Å². The van der Waals surface area contributed by atoms with E-state index in [0.717, 1.165) is 77.0 Å². The lowest BCUT2D eigenvalue weighted by Crippen LogP contribution is -2.40. The molecule has 0 aliphatic carbocycles. The molecular formula is C92H170NO8+. The van der Waals surface area contributed by atoms with Gasteiger partial charge < -0.3 is 28.5 Å². The van der Waals surface area contributed by atoms with Crippen LogP contribution in [-0.2, 0) is 33.3 Å². The number of carboxylic acid groups (broad SMARTS) is 1. The number of ether oxygens (including phenoxy) is 4. The number of likely N-dealkylation sites (N-methyl/N-ethyl adjacent to an activating group) is 1. The topological polar surface area (TPSA) is 108 Å². The molecule has 2 unspecified atom stereocenters. The van der Waals surface area contributed by atoms with Gasteiger partial charge in [-0.3, -0.25) is 9.59 Å². The number of allylic oxidation sites excluding steroid dienone is 12. The molecule has 0 aromatic carbocycles. The molecule has 2 atom stereocenters. The third-order valence-electron chi connectivity index (χ3n) is 20.0. The van der Waals surface area contributed by atoms with E-state index in [4.69, 9.17) is 18.9 Å². The van der Waals surface area contributed by atoms with Gasteiger partial charge in [-0.05, 0) is 64.2 Å². The number of hydrogen-bond donors (Lipinski definition) is 1. The van der Waals surface area contributed by atoms with Gasteiger partial charge in [0.15, 0.2) is 6.10 Å². The molecule has 0 aromatic rings. The van der Waals surface area contributed by atoms with Crippen molar-refractivity contribution in [3.05, 3.63) is 72.9 Å². The highest BCUT2D eigenvalue weighted by Crippen LogP contribution is 2.21. The second-order valence-corrected chi connectivity index (χ2v) is 31.2. The minimum atomic E-state index is -1.51. The van der Waals surface area contributed by atoms with E-state index in [0.29, 0.717) is 17.4 Å². The van der Waals surface area contributed by atoms with Crippen molar-refractivity contribution in [3.8, 4) is 0 Å². The van der Waals surface area contributed by atoms with Crippen LogP contribution in [0.3, 0.4) is 0 Å². The Morgan fingerprint density at radius 2 is 0.564 bits per heavy atom. The first-order valence-electron chi connectivity index (χ1n) is 44.1. The average molecular weight is 1420 g/mol. The smallest absolute Gasteiger partial charge is 0.361 e. The minimum Gasteiger partial charge on any atom is -0.477 e. The van der Waals surface area contributed by atoms with Crippen LogP contribution in [0.15, 0.2) is 72.9 Å². The van der Waals surface area contributed by atoms with Gasteiger partial charge in [-0.2, -0.15) is 0 Å². The van der Waals surface area contributed by atoms with Crippen molar-refractivity contribution in [2.45, 2.75) is 450 Å².